The van der Waals surface area contributed by atoms with E-state index in [-0.39, 0.29) is 4.90 Å². The molecule has 0 aromatic heterocycles. The second kappa shape index (κ2) is 7.55. The highest BCUT2D eigenvalue weighted by Crippen LogP contribution is 2.33. The Hall–Kier alpha value is -2.25. The Kier molecular flexibility index (Phi) is 5.38. The summed E-state index contributed by atoms with van der Waals surface area (Å²) in [6, 6.07) is 15.0. The Labute approximate surface area is 155 Å². The quantitative estimate of drug-likeness (QED) is 0.869. The number of fused-ring (bicyclic) bond motifs is 1. The number of nitrogens with two attached hydrogens (primary N) is 1. The van der Waals surface area contributed by atoms with Crippen molar-refractivity contribution in [1.29, 1.82) is 0 Å². The number of para-hydroxylation sites is 2. The summed E-state index contributed by atoms with van der Waals surface area (Å²) in [6.45, 7) is 4.52. The maximum Gasteiger partial charge on any atom is 0.238 e. The average Bonchev–Trinajstić information content (AvgIpc) is 2.73. The molecule has 0 radical (unpaired) electrons. The molecule has 0 saturated heterocycles. The van der Waals surface area contributed by atoms with E-state index in [1.807, 2.05) is 0 Å². The van der Waals surface area contributed by atoms with Crippen molar-refractivity contribution in [3.8, 4) is 5.75 Å². The number of nitrogens with zero attached hydrogens (tertiary/aromatic N) is 2. The van der Waals surface area contributed by atoms with Crippen LogP contribution in [0.4, 0.5) is 11.4 Å². The molecule has 0 saturated carbocycles. The lowest BCUT2D eigenvalue weighted by molar-refractivity contribution is 0.319. The van der Waals surface area contributed by atoms with Gasteiger partial charge in [-0.15, -0.1) is 0 Å². The fraction of sp³-hybridized carbons (Fsp3) is 0.368. The normalized spacial score (nSPS) is 17.6. The van der Waals surface area contributed by atoms with Crippen LogP contribution in [0.25, 0.3) is 0 Å². The molecule has 1 aliphatic heterocycles. The number of rotatable bonds is 5. The van der Waals surface area contributed by atoms with Crippen LogP contribution in [-0.2, 0) is 10.0 Å². The molecule has 6 nitrogen and oxygen atoms in total. The van der Waals surface area contributed by atoms with Gasteiger partial charge in [-0.25, -0.2) is 13.6 Å². The molecule has 1 aliphatic rings. The Bertz CT molecular complexity index is 853. The number of ether oxygens (including phenoxy) is 1. The van der Waals surface area contributed by atoms with E-state index in [1.165, 1.54) is 23.5 Å². The van der Waals surface area contributed by atoms with Crippen LogP contribution < -0.4 is 19.7 Å². The molecule has 140 valence electrons. The molecule has 1 atom stereocenters. The van der Waals surface area contributed by atoms with Gasteiger partial charge in [0.05, 0.1) is 22.8 Å². The fourth-order valence-corrected chi connectivity index (χ4v) is 3.77. The summed E-state index contributed by atoms with van der Waals surface area (Å²) >= 11 is 0. The van der Waals surface area contributed by atoms with Crippen molar-refractivity contribution in [3.63, 3.8) is 0 Å². The third-order valence-electron chi connectivity index (χ3n) is 4.77. The van der Waals surface area contributed by atoms with E-state index in [1.54, 1.807) is 12.1 Å². The number of sulfonamides is 1. The maximum absolute atomic E-state index is 11.3. The molecule has 2 aromatic rings. The van der Waals surface area contributed by atoms with Crippen molar-refractivity contribution in [3.05, 3.63) is 48.5 Å². The third kappa shape index (κ3) is 4.11. The monoisotopic (exact) mass is 375 g/mol. The van der Waals surface area contributed by atoms with Crippen molar-refractivity contribution in [2.45, 2.75) is 24.3 Å². The van der Waals surface area contributed by atoms with E-state index in [9.17, 15) is 8.42 Å². The first-order valence-electron chi connectivity index (χ1n) is 8.69. The molecule has 0 unspecified atom stereocenters. The Morgan fingerprint density at radius 1 is 1.12 bits per heavy atom. The topological polar surface area (TPSA) is 75.9 Å². The Balaban J connectivity index is 1.68. The lowest BCUT2D eigenvalue weighted by atomic mass is 10.2. The van der Waals surface area contributed by atoms with Crippen LogP contribution in [0.2, 0.25) is 0 Å². The smallest absolute Gasteiger partial charge is 0.238 e. The first-order chi connectivity index (χ1) is 12.4. The molecular formula is C19H25N3O3S. The first kappa shape index (κ1) is 18.5. The Morgan fingerprint density at radius 2 is 1.77 bits per heavy atom. The van der Waals surface area contributed by atoms with Gasteiger partial charge in [-0.05, 0) is 49.7 Å². The van der Waals surface area contributed by atoms with Gasteiger partial charge in [0.1, 0.15) is 12.4 Å². The van der Waals surface area contributed by atoms with Crippen LogP contribution in [0.15, 0.2) is 53.4 Å². The molecule has 3 rings (SSSR count). The van der Waals surface area contributed by atoms with Gasteiger partial charge in [0.2, 0.25) is 10.0 Å². The van der Waals surface area contributed by atoms with E-state index >= 15 is 0 Å². The predicted octanol–water partition coefficient (Wildman–Crippen LogP) is 2.45. The molecule has 0 spiro atoms. The summed E-state index contributed by atoms with van der Waals surface area (Å²) in [5.74, 6) is 0.630. The number of anilines is 2. The molecule has 1 heterocycles. The molecule has 0 bridgehead atoms. The van der Waals surface area contributed by atoms with Gasteiger partial charge < -0.3 is 14.5 Å². The molecular weight excluding hydrogens is 350 g/mol. The summed E-state index contributed by atoms with van der Waals surface area (Å²) in [6.07, 6.45) is 1.08. The molecule has 0 amide bonds. The largest absolute Gasteiger partial charge is 0.492 e. The molecule has 2 aromatic carbocycles. The van der Waals surface area contributed by atoms with Crippen LogP contribution in [0.3, 0.4) is 0 Å². The minimum Gasteiger partial charge on any atom is -0.492 e. The van der Waals surface area contributed by atoms with Gasteiger partial charge in [-0.2, -0.15) is 0 Å². The van der Waals surface area contributed by atoms with Crippen LogP contribution >= 0.6 is 0 Å². The molecule has 26 heavy (non-hydrogen) atoms. The number of primary sulfonamides is 1. The van der Waals surface area contributed by atoms with Gasteiger partial charge in [0.25, 0.3) is 0 Å². The van der Waals surface area contributed by atoms with Gasteiger partial charge >= 0.3 is 0 Å². The van der Waals surface area contributed by atoms with E-state index < -0.39 is 10.0 Å². The zero-order chi connectivity index (χ0) is 18.7. The second-order valence-electron chi connectivity index (χ2n) is 6.61. The minimum absolute atomic E-state index is 0.0861. The van der Waals surface area contributed by atoms with E-state index in [0.29, 0.717) is 18.4 Å². The standard InChI is InChI=1S/C19H25N3O3S/c1-15-11-12-21(2)18-5-3-4-6-19(18)22(15)13-14-25-16-7-9-17(10-8-16)26(20,23)24/h3-10,15H,11-14H2,1-2H3,(H2,20,23,24)/t15-/m1/s1. The number of hydrogen-bond acceptors (Lipinski definition) is 5. The van der Waals surface area contributed by atoms with E-state index in [0.717, 1.165) is 19.5 Å². The number of benzene rings is 2. The van der Waals surface area contributed by atoms with E-state index in [2.05, 4.69) is 48.0 Å². The van der Waals surface area contributed by atoms with Crippen molar-refractivity contribution >= 4 is 21.4 Å². The van der Waals surface area contributed by atoms with Gasteiger partial charge in [-0.3, -0.25) is 0 Å². The summed E-state index contributed by atoms with van der Waals surface area (Å²) in [5.41, 5.74) is 2.45. The highest BCUT2D eigenvalue weighted by molar-refractivity contribution is 7.89. The summed E-state index contributed by atoms with van der Waals surface area (Å²) in [4.78, 5) is 4.75. The molecule has 2 N–H and O–H groups in total. The zero-order valence-corrected chi connectivity index (χ0v) is 15.9. The highest BCUT2D eigenvalue weighted by Gasteiger charge is 2.23. The summed E-state index contributed by atoms with van der Waals surface area (Å²) in [7, 11) is -1.55. The predicted molar refractivity (Wildman–Crippen MR) is 104 cm³/mol. The lowest BCUT2D eigenvalue weighted by Gasteiger charge is -2.30. The zero-order valence-electron chi connectivity index (χ0n) is 15.1. The van der Waals surface area contributed by atoms with E-state index in [4.69, 9.17) is 9.88 Å². The second-order valence-corrected chi connectivity index (χ2v) is 8.17. The Morgan fingerprint density at radius 3 is 2.42 bits per heavy atom. The SMILES string of the molecule is C[C@@H]1CCN(C)c2ccccc2N1CCOc1ccc(S(N)(=O)=O)cc1. The molecule has 0 fully saturated rings. The molecule has 0 aliphatic carbocycles. The molecule has 7 heteroatoms. The summed E-state index contributed by atoms with van der Waals surface area (Å²) in [5, 5.41) is 5.11. The van der Waals surface area contributed by atoms with Gasteiger partial charge in [0.15, 0.2) is 0 Å². The minimum atomic E-state index is -3.68. The lowest BCUT2D eigenvalue weighted by Crippen LogP contribution is -2.36. The van der Waals surface area contributed by atoms with Crippen LogP contribution in [0.5, 0.6) is 5.75 Å². The van der Waals surface area contributed by atoms with Crippen LogP contribution in [0.1, 0.15) is 13.3 Å². The van der Waals surface area contributed by atoms with Crippen LogP contribution in [-0.4, -0.2) is 41.2 Å². The van der Waals surface area contributed by atoms with Crippen LogP contribution in [0, 0.1) is 0 Å². The van der Waals surface area contributed by atoms with Crippen molar-refractivity contribution in [1.82, 2.24) is 0 Å². The first-order valence-corrected chi connectivity index (χ1v) is 10.2. The average molecular weight is 375 g/mol. The maximum atomic E-state index is 11.3. The van der Waals surface area contributed by atoms with Crippen molar-refractivity contribution in [2.24, 2.45) is 5.14 Å². The third-order valence-corrected chi connectivity index (χ3v) is 5.70. The summed E-state index contributed by atoms with van der Waals surface area (Å²) < 4.78 is 28.4. The number of hydrogen-bond donors (Lipinski definition) is 1. The van der Waals surface area contributed by atoms with Crippen molar-refractivity contribution < 1.29 is 13.2 Å². The van der Waals surface area contributed by atoms with Crippen molar-refractivity contribution in [2.75, 3.05) is 36.5 Å². The fourth-order valence-electron chi connectivity index (χ4n) is 3.25. The van der Waals surface area contributed by atoms with Gasteiger partial charge in [-0.1, -0.05) is 12.1 Å². The highest BCUT2D eigenvalue weighted by atomic mass is 32.2. The van der Waals surface area contributed by atoms with Gasteiger partial charge in [0, 0.05) is 19.6 Å².